The van der Waals surface area contributed by atoms with E-state index in [0.29, 0.717) is 30.4 Å². The molecule has 0 saturated carbocycles. The topological polar surface area (TPSA) is 57.6 Å². The van der Waals surface area contributed by atoms with Gasteiger partial charge in [-0.25, -0.2) is 0 Å². The van der Waals surface area contributed by atoms with E-state index in [4.69, 9.17) is 0 Å². The average molecular weight is 419 g/mol. The molecule has 0 aliphatic carbocycles. The van der Waals surface area contributed by atoms with Crippen molar-refractivity contribution in [2.24, 2.45) is 5.92 Å². The van der Waals surface area contributed by atoms with Crippen molar-refractivity contribution in [1.82, 2.24) is 4.90 Å². The number of likely N-dealkylation sites (tertiary alicyclic amines) is 1. The molecule has 0 bridgehead atoms. The first kappa shape index (κ1) is 21.9. The van der Waals surface area contributed by atoms with Crippen LogP contribution < -0.4 is 0 Å². The van der Waals surface area contributed by atoms with Gasteiger partial charge in [-0.3, -0.25) is 9.59 Å². The molecular formula is C23H24F3NO3. The van der Waals surface area contributed by atoms with Gasteiger partial charge in [-0.05, 0) is 42.5 Å². The van der Waals surface area contributed by atoms with Crippen molar-refractivity contribution in [1.29, 1.82) is 0 Å². The lowest BCUT2D eigenvalue weighted by Crippen LogP contribution is -2.41. The highest BCUT2D eigenvalue weighted by Crippen LogP contribution is 2.35. The van der Waals surface area contributed by atoms with Gasteiger partial charge in [0.25, 0.3) is 5.91 Å². The molecule has 1 aliphatic heterocycles. The van der Waals surface area contributed by atoms with E-state index in [9.17, 15) is 27.9 Å². The zero-order valence-corrected chi connectivity index (χ0v) is 16.9. The lowest BCUT2D eigenvalue weighted by Gasteiger charge is -2.32. The van der Waals surface area contributed by atoms with Gasteiger partial charge in [0.1, 0.15) is 5.75 Å². The summed E-state index contributed by atoms with van der Waals surface area (Å²) >= 11 is 0. The third-order valence-electron chi connectivity index (χ3n) is 5.55. The Morgan fingerprint density at radius 1 is 1.03 bits per heavy atom. The van der Waals surface area contributed by atoms with Crippen LogP contribution in [0.1, 0.15) is 64.4 Å². The Bertz CT molecular complexity index is 928. The van der Waals surface area contributed by atoms with Crippen LogP contribution in [0.3, 0.4) is 0 Å². The summed E-state index contributed by atoms with van der Waals surface area (Å²) < 4.78 is 39.7. The zero-order chi connectivity index (χ0) is 22.1. The summed E-state index contributed by atoms with van der Waals surface area (Å²) in [6, 6.07) is 9.93. The number of piperidine rings is 1. The Morgan fingerprint density at radius 2 is 1.63 bits per heavy atom. The average Bonchev–Trinajstić information content (AvgIpc) is 2.72. The lowest BCUT2D eigenvalue weighted by atomic mass is 9.88. The number of phenolic OH excluding ortho intramolecular Hbond substituents is 1. The predicted octanol–water partition coefficient (Wildman–Crippen LogP) is 5.27. The molecule has 1 fully saturated rings. The molecule has 0 radical (unpaired) electrons. The summed E-state index contributed by atoms with van der Waals surface area (Å²) in [7, 11) is 0. The largest absolute Gasteiger partial charge is 0.508 e. The number of hydrogen-bond donors (Lipinski definition) is 1. The van der Waals surface area contributed by atoms with E-state index in [0.717, 1.165) is 17.7 Å². The van der Waals surface area contributed by atoms with Crippen molar-refractivity contribution in [2.75, 3.05) is 13.1 Å². The quantitative estimate of drug-likeness (QED) is 0.687. The summed E-state index contributed by atoms with van der Waals surface area (Å²) in [5, 5.41) is 9.56. The van der Waals surface area contributed by atoms with Gasteiger partial charge in [-0.15, -0.1) is 0 Å². The van der Waals surface area contributed by atoms with Gasteiger partial charge in [-0.1, -0.05) is 38.1 Å². The first-order chi connectivity index (χ1) is 14.1. The minimum Gasteiger partial charge on any atom is -0.508 e. The highest BCUT2D eigenvalue weighted by molar-refractivity contribution is 5.99. The van der Waals surface area contributed by atoms with E-state index >= 15 is 0 Å². The standard InChI is InChI=1S/C23H24F3NO3/c1-14(2)15-3-5-16(6-4-15)21(29)17-9-11-27(12-10-17)22(30)19-13-18(28)7-8-20(19)23(24,25)26/h3-8,13-14,17,28H,9-12H2,1-2H3. The van der Waals surface area contributed by atoms with Crippen molar-refractivity contribution in [3.8, 4) is 5.75 Å². The molecule has 0 aromatic heterocycles. The fourth-order valence-electron chi connectivity index (χ4n) is 3.74. The SMILES string of the molecule is CC(C)c1ccc(C(=O)C2CCN(C(=O)c3cc(O)ccc3C(F)(F)F)CC2)cc1. The van der Waals surface area contributed by atoms with Crippen LogP contribution in [0, 0.1) is 5.92 Å². The number of ketones is 1. The van der Waals surface area contributed by atoms with Crippen LogP contribution in [-0.2, 0) is 6.18 Å². The Kier molecular flexibility index (Phi) is 6.19. The summed E-state index contributed by atoms with van der Waals surface area (Å²) in [5.74, 6) is -1.11. The highest BCUT2D eigenvalue weighted by atomic mass is 19.4. The predicted molar refractivity (Wildman–Crippen MR) is 107 cm³/mol. The molecule has 1 amide bonds. The molecule has 1 aliphatic rings. The smallest absolute Gasteiger partial charge is 0.417 e. The number of carbonyl (C=O) groups excluding carboxylic acids is 2. The summed E-state index contributed by atoms with van der Waals surface area (Å²) in [5.41, 5.74) is 0.0976. The molecule has 1 heterocycles. The molecule has 1 N–H and O–H groups in total. The molecule has 3 rings (SSSR count). The van der Waals surface area contributed by atoms with Crippen LogP contribution in [0.15, 0.2) is 42.5 Å². The number of aromatic hydroxyl groups is 1. The van der Waals surface area contributed by atoms with E-state index in [1.807, 2.05) is 12.1 Å². The molecule has 0 unspecified atom stereocenters. The fourth-order valence-corrected chi connectivity index (χ4v) is 3.74. The van der Waals surface area contributed by atoms with Crippen molar-refractivity contribution in [3.63, 3.8) is 0 Å². The number of phenols is 1. The number of alkyl halides is 3. The molecule has 4 nitrogen and oxygen atoms in total. The van der Waals surface area contributed by atoms with Gasteiger partial charge in [0.15, 0.2) is 5.78 Å². The summed E-state index contributed by atoms with van der Waals surface area (Å²) in [4.78, 5) is 26.8. The van der Waals surface area contributed by atoms with Crippen molar-refractivity contribution in [3.05, 3.63) is 64.7 Å². The summed E-state index contributed by atoms with van der Waals surface area (Å²) in [6.07, 6.45) is -3.93. The van der Waals surface area contributed by atoms with Gasteiger partial charge >= 0.3 is 6.18 Å². The van der Waals surface area contributed by atoms with Crippen LogP contribution >= 0.6 is 0 Å². The van der Waals surface area contributed by atoms with Crippen LogP contribution in [-0.4, -0.2) is 34.8 Å². The minimum absolute atomic E-state index is 0.00857. The molecule has 2 aromatic rings. The Balaban J connectivity index is 1.69. The van der Waals surface area contributed by atoms with Gasteiger partial charge in [-0.2, -0.15) is 13.2 Å². The Morgan fingerprint density at radius 3 is 2.17 bits per heavy atom. The number of nitrogens with zero attached hydrogens (tertiary/aromatic N) is 1. The second-order valence-electron chi connectivity index (χ2n) is 7.94. The molecule has 30 heavy (non-hydrogen) atoms. The maximum absolute atomic E-state index is 13.2. The minimum atomic E-state index is -4.70. The third kappa shape index (κ3) is 4.66. The molecular weight excluding hydrogens is 395 g/mol. The van der Waals surface area contributed by atoms with Crippen molar-refractivity contribution in [2.45, 2.75) is 38.8 Å². The number of Topliss-reactive ketones (excluding diaryl/α,β-unsaturated/α-hetero) is 1. The monoisotopic (exact) mass is 419 g/mol. The fraction of sp³-hybridized carbons (Fsp3) is 0.391. The number of benzene rings is 2. The second kappa shape index (κ2) is 8.50. The normalized spacial score (nSPS) is 15.5. The molecule has 0 atom stereocenters. The first-order valence-corrected chi connectivity index (χ1v) is 9.91. The van der Waals surface area contributed by atoms with Crippen LogP contribution in [0.4, 0.5) is 13.2 Å². The van der Waals surface area contributed by atoms with Crippen LogP contribution in [0.25, 0.3) is 0 Å². The van der Waals surface area contributed by atoms with Crippen molar-refractivity contribution >= 4 is 11.7 Å². The lowest BCUT2D eigenvalue weighted by molar-refractivity contribution is -0.138. The highest BCUT2D eigenvalue weighted by Gasteiger charge is 2.37. The van der Waals surface area contributed by atoms with Gasteiger partial charge in [0.2, 0.25) is 0 Å². The Hall–Kier alpha value is -2.83. The van der Waals surface area contributed by atoms with Crippen LogP contribution in [0.5, 0.6) is 5.75 Å². The van der Waals surface area contributed by atoms with E-state index in [1.165, 1.54) is 4.90 Å². The van der Waals surface area contributed by atoms with E-state index in [1.54, 1.807) is 12.1 Å². The molecule has 7 heteroatoms. The number of amides is 1. The molecule has 2 aromatic carbocycles. The van der Waals surface area contributed by atoms with E-state index in [2.05, 4.69) is 13.8 Å². The van der Waals surface area contributed by atoms with Crippen LogP contribution in [0.2, 0.25) is 0 Å². The number of rotatable bonds is 4. The number of halogens is 3. The molecule has 0 spiro atoms. The van der Waals surface area contributed by atoms with E-state index in [-0.39, 0.29) is 24.8 Å². The Labute approximate surface area is 173 Å². The molecule has 1 saturated heterocycles. The zero-order valence-electron chi connectivity index (χ0n) is 16.9. The first-order valence-electron chi connectivity index (χ1n) is 9.91. The molecule has 160 valence electrons. The van der Waals surface area contributed by atoms with Crippen molar-refractivity contribution < 1.29 is 27.9 Å². The van der Waals surface area contributed by atoms with Gasteiger partial charge in [0, 0.05) is 24.6 Å². The van der Waals surface area contributed by atoms with Gasteiger partial charge in [0.05, 0.1) is 11.1 Å². The number of hydrogen-bond acceptors (Lipinski definition) is 3. The second-order valence-corrected chi connectivity index (χ2v) is 7.94. The maximum Gasteiger partial charge on any atom is 0.417 e. The van der Waals surface area contributed by atoms with E-state index < -0.39 is 29.0 Å². The van der Waals surface area contributed by atoms with Gasteiger partial charge < -0.3 is 10.0 Å². The maximum atomic E-state index is 13.2. The summed E-state index contributed by atoms with van der Waals surface area (Å²) in [6.45, 7) is 4.51. The third-order valence-corrected chi connectivity index (χ3v) is 5.55. The number of carbonyl (C=O) groups is 2.